The van der Waals surface area contributed by atoms with E-state index in [1.165, 1.54) is 30.3 Å². The average Bonchev–Trinajstić information content (AvgIpc) is 2.80. The standard InChI is InChI=1S/C24H26FN3O4S/c1-28(2)22(21-9-4-5-10-23(21)32-3)16-26-24(29)17-7-6-8-20(15-17)33(30,31)27-19-13-11-18(25)12-14-19/h4-15,22,27H,16H2,1-3H3,(H,26,29)/t22-/m0/s1. The van der Waals surface area contributed by atoms with Crippen molar-refractivity contribution in [3.05, 3.63) is 89.7 Å². The number of likely N-dealkylation sites (N-methyl/N-ethyl adjacent to an activating group) is 1. The molecule has 0 saturated heterocycles. The zero-order valence-electron chi connectivity index (χ0n) is 18.6. The first-order valence-electron chi connectivity index (χ1n) is 10.2. The number of nitrogens with one attached hydrogen (secondary N) is 2. The Bertz CT molecular complexity index is 1210. The maximum absolute atomic E-state index is 13.1. The Kier molecular flexibility index (Phi) is 7.67. The number of nitrogens with zero attached hydrogens (tertiary/aromatic N) is 1. The molecule has 1 atom stereocenters. The minimum absolute atomic E-state index is 0.0756. The van der Waals surface area contributed by atoms with Crippen LogP contribution < -0.4 is 14.8 Å². The first-order valence-corrected chi connectivity index (χ1v) is 11.7. The van der Waals surface area contributed by atoms with Crippen LogP contribution >= 0.6 is 0 Å². The smallest absolute Gasteiger partial charge is 0.261 e. The van der Waals surface area contributed by atoms with Gasteiger partial charge in [0.1, 0.15) is 11.6 Å². The average molecular weight is 472 g/mol. The highest BCUT2D eigenvalue weighted by molar-refractivity contribution is 7.92. The normalized spacial score (nSPS) is 12.3. The van der Waals surface area contributed by atoms with Crippen LogP contribution in [0.5, 0.6) is 5.75 Å². The summed E-state index contributed by atoms with van der Waals surface area (Å²) in [6.07, 6.45) is 0. The molecule has 174 valence electrons. The summed E-state index contributed by atoms with van der Waals surface area (Å²) in [5.74, 6) is -0.165. The molecule has 3 rings (SSSR count). The molecule has 0 fully saturated rings. The predicted octanol–water partition coefficient (Wildman–Crippen LogP) is 3.67. The Hall–Kier alpha value is -3.43. The van der Waals surface area contributed by atoms with Crippen molar-refractivity contribution < 1.29 is 22.3 Å². The zero-order chi connectivity index (χ0) is 24.0. The van der Waals surface area contributed by atoms with Gasteiger partial charge in [0.25, 0.3) is 15.9 Å². The quantitative estimate of drug-likeness (QED) is 0.497. The number of methoxy groups -OCH3 is 1. The molecule has 0 bridgehead atoms. The topological polar surface area (TPSA) is 87.7 Å². The Morgan fingerprint density at radius 3 is 2.39 bits per heavy atom. The molecule has 3 aromatic carbocycles. The van der Waals surface area contributed by atoms with Gasteiger partial charge in [0.2, 0.25) is 0 Å². The van der Waals surface area contributed by atoms with Crippen LogP contribution in [0.3, 0.4) is 0 Å². The number of hydrogen-bond donors (Lipinski definition) is 2. The summed E-state index contributed by atoms with van der Waals surface area (Å²) in [5.41, 5.74) is 1.34. The van der Waals surface area contributed by atoms with E-state index in [9.17, 15) is 17.6 Å². The van der Waals surface area contributed by atoms with E-state index in [-0.39, 0.29) is 28.7 Å². The highest BCUT2D eigenvalue weighted by Crippen LogP contribution is 2.27. The van der Waals surface area contributed by atoms with Crippen LogP contribution in [0.1, 0.15) is 22.0 Å². The second-order valence-corrected chi connectivity index (χ2v) is 9.25. The highest BCUT2D eigenvalue weighted by Gasteiger charge is 2.21. The van der Waals surface area contributed by atoms with Gasteiger partial charge in [0.15, 0.2) is 0 Å². The number of carbonyl (C=O) groups is 1. The van der Waals surface area contributed by atoms with Crippen molar-refractivity contribution in [3.8, 4) is 5.75 Å². The van der Waals surface area contributed by atoms with Crippen LogP contribution in [0.4, 0.5) is 10.1 Å². The number of amides is 1. The minimum Gasteiger partial charge on any atom is -0.496 e. The van der Waals surface area contributed by atoms with Gasteiger partial charge in [0, 0.05) is 23.4 Å². The number of anilines is 1. The van der Waals surface area contributed by atoms with Gasteiger partial charge in [-0.3, -0.25) is 9.52 Å². The lowest BCUT2D eigenvalue weighted by Crippen LogP contribution is -2.34. The Morgan fingerprint density at radius 1 is 1.03 bits per heavy atom. The maximum Gasteiger partial charge on any atom is 0.261 e. The molecule has 0 spiro atoms. The number of rotatable bonds is 9. The Morgan fingerprint density at radius 2 is 1.73 bits per heavy atom. The molecule has 0 aliphatic carbocycles. The lowest BCUT2D eigenvalue weighted by Gasteiger charge is -2.26. The summed E-state index contributed by atoms with van der Waals surface area (Å²) in [6.45, 7) is 0.289. The van der Waals surface area contributed by atoms with Gasteiger partial charge in [-0.05, 0) is 62.6 Å². The zero-order valence-corrected chi connectivity index (χ0v) is 19.4. The predicted molar refractivity (Wildman–Crippen MR) is 125 cm³/mol. The number of benzene rings is 3. The van der Waals surface area contributed by atoms with E-state index < -0.39 is 21.7 Å². The largest absolute Gasteiger partial charge is 0.496 e. The number of hydrogen-bond acceptors (Lipinski definition) is 5. The lowest BCUT2D eigenvalue weighted by atomic mass is 10.0. The van der Waals surface area contributed by atoms with Crippen molar-refractivity contribution in [2.24, 2.45) is 0 Å². The molecule has 0 aliphatic rings. The van der Waals surface area contributed by atoms with E-state index >= 15 is 0 Å². The third kappa shape index (κ3) is 6.09. The molecule has 9 heteroatoms. The molecule has 2 N–H and O–H groups in total. The maximum atomic E-state index is 13.1. The Labute approximate surface area is 193 Å². The van der Waals surface area contributed by atoms with Crippen LogP contribution in [-0.2, 0) is 10.0 Å². The van der Waals surface area contributed by atoms with E-state index in [4.69, 9.17) is 4.74 Å². The number of ether oxygens (including phenoxy) is 1. The van der Waals surface area contributed by atoms with Crippen molar-refractivity contribution in [1.82, 2.24) is 10.2 Å². The first-order chi connectivity index (χ1) is 15.7. The molecule has 0 radical (unpaired) electrons. The third-order valence-corrected chi connectivity index (χ3v) is 6.46. The molecule has 0 aromatic heterocycles. The molecule has 0 unspecified atom stereocenters. The van der Waals surface area contributed by atoms with Crippen molar-refractivity contribution in [2.75, 3.05) is 32.5 Å². The van der Waals surface area contributed by atoms with E-state index in [0.29, 0.717) is 5.75 Å². The SMILES string of the molecule is COc1ccccc1[C@H](CNC(=O)c1cccc(S(=O)(=O)Nc2ccc(F)cc2)c1)N(C)C. The van der Waals surface area contributed by atoms with E-state index in [1.54, 1.807) is 13.2 Å². The Balaban J connectivity index is 1.75. The van der Waals surface area contributed by atoms with Gasteiger partial charge in [0.05, 0.1) is 18.0 Å². The summed E-state index contributed by atoms with van der Waals surface area (Å²) >= 11 is 0. The molecule has 3 aromatic rings. The fourth-order valence-corrected chi connectivity index (χ4v) is 4.44. The molecule has 7 nitrogen and oxygen atoms in total. The summed E-state index contributed by atoms with van der Waals surface area (Å²) < 4.78 is 46.3. The van der Waals surface area contributed by atoms with Crippen molar-refractivity contribution in [1.29, 1.82) is 0 Å². The third-order valence-electron chi connectivity index (χ3n) is 5.08. The molecular weight excluding hydrogens is 445 g/mol. The van der Waals surface area contributed by atoms with Crippen LogP contribution in [0.25, 0.3) is 0 Å². The summed E-state index contributed by atoms with van der Waals surface area (Å²) in [5, 5.41) is 2.87. The van der Waals surface area contributed by atoms with Gasteiger partial charge >= 0.3 is 0 Å². The van der Waals surface area contributed by atoms with Crippen LogP contribution in [0, 0.1) is 5.82 Å². The van der Waals surface area contributed by atoms with Gasteiger partial charge in [-0.25, -0.2) is 12.8 Å². The highest BCUT2D eigenvalue weighted by atomic mass is 32.2. The van der Waals surface area contributed by atoms with Crippen molar-refractivity contribution in [2.45, 2.75) is 10.9 Å². The number of para-hydroxylation sites is 1. The minimum atomic E-state index is -3.96. The molecule has 1 amide bonds. The molecule has 33 heavy (non-hydrogen) atoms. The van der Waals surface area contributed by atoms with Gasteiger partial charge in [-0.1, -0.05) is 24.3 Å². The van der Waals surface area contributed by atoms with Gasteiger partial charge < -0.3 is 15.0 Å². The summed E-state index contributed by atoms with van der Waals surface area (Å²) in [4.78, 5) is 14.7. The molecule has 0 saturated carbocycles. The van der Waals surface area contributed by atoms with Gasteiger partial charge in [-0.2, -0.15) is 0 Å². The second kappa shape index (κ2) is 10.5. The molecule has 0 aliphatic heterocycles. The number of halogens is 1. The molecular formula is C24H26FN3O4S. The van der Waals surface area contributed by atoms with Crippen LogP contribution in [-0.4, -0.2) is 47.0 Å². The van der Waals surface area contributed by atoms with E-state index in [2.05, 4.69) is 10.0 Å². The van der Waals surface area contributed by atoms with Gasteiger partial charge in [-0.15, -0.1) is 0 Å². The van der Waals surface area contributed by atoms with Crippen molar-refractivity contribution >= 4 is 21.6 Å². The lowest BCUT2D eigenvalue weighted by molar-refractivity contribution is 0.0941. The summed E-state index contributed by atoms with van der Waals surface area (Å²) in [6, 6.07) is 18.1. The van der Waals surface area contributed by atoms with Crippen molar-refractivity contribution in [3.63, 3.8) is 0 Å². The second-order valence-electron chi connectivity index (χ2n) is 7.57. The molecule has 0 heterocycles. The summed E-state index contributed by atoms with van der Waals surface area (Å²) in [7, 11) is 1.44. The first kappa shape index (κ1) is 24.2. The van der Waals surface area contributed by atoms with Crippen LogP contribution in [0.2, 0.25) is 0 Å². The number of carbonyl (C=O) groups excluding carboxylic acids is 1. The van der Waals surface area contributed by atoms with E-state index in [1.807, 2.05) is 43.3 Å². The van der Waals surface area contributed by atoms with E-state index in [0.717, 1.165) is 17.7 Å². The number of sulfonamides is 1. The fraction of sp³-hybridized carbons (Fsp3) is 0.208. The fourth-order valence-electron chi connectivity index (χ4n) is 3.34. The monoisotopic (exact) mass is 471 g/mol. The van der Waals surface area contributed by atoms with Crippen LogP contribution in [0.15, 0.2) is 77.7 Å².